The van der Waals surface area contributed by atoms with Gasteiger partial charge in [0.1, 0.15) is 12.4 Å². The molecule has 35 heavy (non-hydrogen) atoms. The molecule has 0 aromatic heterocycles. The maximum absolute atomic E-state index is 12.8. The number of halogens is 1. The van der Waals surface area contributed by atoms with Gasteiger partial charge in [0.05, 0.1) is 10.6 Å². The fraction of sp³-hybridized carbons (Fsp3) is 0.103. The highest BCUT2D eigenvalue weighted by Gasteiger charge is 2.27. The average Bonchev–Trinajstić information content (AvgIpc) is 3.18. The standard InChI is InChI=1S/C29H22ClNO4/c30-27-12-9-22(15-26(27)29(33)34)21-8-4-7-20(13-21)18-35-24-10-11-25-23(14-24)17-31(28(25)32)16-19-5-2-1-3-6-19/h1-15H,16-18H2,(H,33,34). The molecule has 1 aliphatic rings. The second kappa shape index (κ2) is 9.65. The Balaban J connectivity index is 1.28. The van der Waals surface area contributed by atoms with Crippen molar-refractivity contribution in [2.45, 2.75) is 19.7 Å². The van der Waals surface area contributed by atoms with Gasteiger partial charge in [0.2, 0.25) is 0 Å². The average molecular weight is 484 g/mol. The number of benzene rings is 4. The van der Waals surface area contributed by atoms with Crippen molar-refractivity contribution in [2.24, 2.45) is 0 Å². The molecular formula is C29H22ClNO4. The monoisotopic (exact) mass is 483 g/mol. The first-order chi connectivity index (χ1) is 17.0. The van der Waals surface area contributed by atoms with Crippen molar-refractivity contribution in [3.63, 3.8) is 0 Å². The van der Waals surface area contributed by atoms with Crippen molar-refractivity contribution in [2.75, 3.05) is 0 Å². The predicted molar refractivity (Wildman–Crippen MR) is 135 cm³/mol. The minimum Gasteiger partial charge on any atom is -0.489 e. The van der Waals surface area contributed by atoms with Gasteiger partial charge in [0.25, 0.3) is 5.91 Å². The van der Waals surface area contributed by atoms with Crippen LogP contribution in [0.15, 0.2) is 91.0 Å². The summed E-state index contributed by atoms with van der Waals surface area (Å²) in [5, 5.41) is 9.55. The quantitative estimate of drug-likeness (QED) is 0.328. The molecule has 0 bridgehead atoms. The number of hydrogen-bond acceptors (Lipinski definition) is 3. The summed E-state index contributed by atoms with van der Waals surface area (Å²) in [4.78, 5) is 26.0. The van der Waals surface area contributed by atoms with E-state index >= 15 is 0 Å². The van der Waals surface area contributed by atoms with E-state index in [2.05, 4.69) is 0 Å². The first-order valence-corrected chi connectivity index (χ1v) is 11.6. The molecule has 6 heteroatoms. The third kappa shape index (κ3) is 4.91. The Morgan fingerprint density at radius 2 is 1.66 bits per heavy atom. The molecule has 0 spiro atoms. The van der Waals surface area contributed by atoms with Crippen LogP contribution in [-0.2, 0) is 19.7 Å². The third-order valence-electron chi connectivity index (χ3n) is 6.03. The lowest BCUT2D eigenvalue weighted by atomic mass is 10.0. The second-order valence-electron chi connectivity index (χ2n) is 8.45. The fourth-order valence-corrected chi connectivity index (χ4v) is 4.45. The van der Waals surface area contributed by atoms with Crippen LogP contribution in [0, 0.1) is 0 Å². The molecule has 0 atom stereocenters. The number of rotatable bonds is 7. The Morgan fingerprint density at radius 1 is 0.886 bits per heavy atom. The van der Waals surface area contributed by atoms with Crippen LogP contribution in [0.1, 0.15) is 37.4 Å². The molecule has 1 N–H and O–H groups in total. The first kappa shape index (κ1) is 22.7. The topological polar surface area (TPSA) is 66.8 Å². The van der Waals surface area contributed by atoms with Crippen molar-refractivity contribution in [3.8, 4) is 16.9 Å². The van der Waals surface area contributed by atoms with E-state index in [4.69, 9.17) is 16.3 Å². The highest BCUT2D eigenvalue weighted by molar-refractivity contribution is 6.33. The normalized spacial score (nSPS) is 12.5. The Kier molecular flexibility index (Phi) is 6.25. The Hall–Kier alpha value is -4.09. The number of amides is 1. The summed E-state index contributed by atoms with van der Waals surface area (Å²) < 4.78 is 6.03. The summed E-state index contributed by atoms with van der Waals surface area (Å²) >= 11 is 6.00. The van der Waals surface area contributed by atoms with Crippen molar-refractivity contribution in [3.05, 3.63) is 124 Å². The van der Waals surface area contributed by atoms with E-state index in [1.807, 2.05) is 77.7 Å². The zero-order valence-electron chi connectivity index (χ0n) is 18.8. The van der Waals surface area contributed by atoms with Gasteiger partial charge >= 0.3 is 5.97 Å². The molecule has 0 saturated heterocycles. The predicted octanol–water partition coefficient (Wildman–Crippen LogP) is 6.44. The van der Waals surface area contributed by atoms with Crippen molar-refractivity contribution < 1.29 is 19.4 Å². The number of carbonyl (C=O) groups is 2. The second-order valence-corrected chi connectivity index (χ2v) is 8.86. The van der Waals surface area contributed by atoms with Crippen LogP contribution < -0.4 is 4.74 Å². The molecule has 0 fully saturated rings. The van der Waals surface area contributed by atoms with E-state index in [0.29, 0.717) is 31.0 Å². The van der Waals surface area contributed by atoms with Gasteiger partial charge in [-0.2, -0.15) is 0 Å². The molecule has 5 rings (SSSR count). The van der Waals surface area contributed by atoms with Gasteiger partial charge in [-0.3, -0.25) is 4.79 Å². The van der Waals surface area contributed by atoms with Gasteiger partial charge in [-0.15, -0.1) is 0 Å². The molecule has 4 aromatic carbocycles. The number of ether oxygens (including phenoxy) is 1. The largest absolute Gasteiger partial charge is 0.489 e. The van der Waals surface area contributed by atoms with Crippen LogP contribution in [0.25, 0.3) is 11.1 Å². The zero-order chi connectivity index (χ0) is 24.4. The third-order valence-corrected chi connectivity index (χ3v) is 6.36. The number of carboxylic acid groups (broad SMARTS) is 1. The number of nitrogens with zero attached hydrogens (tertiary/aromatic N) is 1. The van der Waals surface area contributed by atoms with Gasteiger partial charge in [0, 0.05) is 18.7 Å². The molecule has 0 saturated carbocycles. The lowest BCUT2D eigenvalue weighted by molar-refractivity contribution is 0.0696. The Labute approximate surface area is 208 Å². The van der Waals surface area contributed by atoms with Crippen molar-refractivity contribution in [1.82, 2.24) is 4.90 Å². The smallest absolute Gasteiger partial charge is 0.337 e. The maximum atomic E-state index is 12.8. The molecule has 1 aliphatic heterocycles. The highest BCUT2D eigenvalue weighted by Crippen LogP contribution is 2.29. The van der Waals surface area contributed by atoms with E-state index in [1.165, 1.54) is 0 Å². The van der Waals surface area contributed by atoms with Gasteiger partial charge < -0.3 is 14.7 Å². The maximum Gasteiger partial charge on any atom is 0.337 e. The van der Waals surface area contributed by atoms with Crippen LogP contribution in [0.4, 0.5) is 0 Å². The van der Waals surface area contributed by atoms with Gasteiger partial charge in [-0.25, -0.2) is 4.79 Å². The lowest BCUT2D eigenvalue weighted by Crippen LogP contribution is -2.23. The number of fused-ring (bicyclic) bond motifs is 1. The summed E-state index contributed by atoms with van der Waals surface area (Å²) in [6.07, 6.45) is 0. The van der Waals surface area contributed by atoms with E-state index < -0.39 is 5.97 Å². The summed E-state index contributed by atoms with van der Waals surface area (Å²) in [5.41, 5.74) is 5.42. The van der Waals surface area contributed by atoms with Crippen molar-refractivity contribution >= 4 is 23.5 Å². The zero-order valence-corrected chi connectivity index (χ0v) is 19.5. The summed E-state index contributed by atoms with van der Waals surface area (Å²) in [7, 11) is 0. The lowest BCUT2D eigenvalue weighted by Gasteiger charge is -2.15. The van der Waals surface area contributed by atoms with Crippen LogP contribution >= 0.6 is 11.6 Å². The molecule has 4 aromatic rings. The van der Waals surface area contributed by atoms with Gasteiger partial charge in [-0.1, -0.05) is 66.2 Å². The molecule has 0 aliphatic carbocycles. The minimum atomic E-state index is -1.06. The first-order valence-electron chi connectivity index (χ1n) is 11.2. The van der Waals surface area contributed by atoms with Crippen molar-refractivity contribution in [1.29, 1.82) is 0 Å². The van der Waals surface area contributed by atoms with E-state index in [9.17, 15) is 14.7 Å². The van der Waals surface area contributed by atoms with Gasteiger partial charge in [0.15, 0.2) is 0 Å². The Bertz CT molecular complexity index is 1420. The molecule has 0 radical (unpaired) electrons. The van der Waals surface area contributed by atoms with Crippen LogP contribution in [0.3, 0.4) is 0 Å². The molecule has 174 valence electrons. The molecule has 5 nitrogen and oxygen atoms in total. The molecular weight excluding hydrogens is 462 g/mol. The SMILES string of the molecule is O=C(O)c1cc(-c2cccc(COc3ccc4c(c3)CN(Cc3ccccc3)C4=O)c2)ccc1Cl. The summed E-state index contributed by atoms with van der Waals surface area (Å²) in [6.45, 7) is 1.47. The number of aromatic carboxylic acids is 1. The van der Waals surface area contributed by atoms with Crippen LogP contribution in [0.2, 0.25) is 5.02 Å². The Morgan fingerprint density at radius 3 is 2.46 bits per heavy atom. The minimum absolute atomic E-state index is 0.0341. The van der Waals surface area contributed by atoms with Gasteiger partial charge in [-0.05, 0) is 64.2 Å². The number of hydrogen-bond donors (Lipinski definition) is 1. The number of carboxylic acids is 1. The molecule has 1 heterocycles. The van der Waals surface area contributed by atoms with E-state index in [1.54, 1.807) is 18.2 Å². The van der Waals surface area contributed by atoms with E-state index in [0.717, 1.165) is 27.8 Å². The van der Waals surface area contributed by atoms with E-state index in [-0.39, 0.29) is 16.5 Å². The number of carbonyl (C=O) groups excluding carboxylic acids is 1. The molecule has 1 amide bonds. The van der Waals surface area contributed by atoms with Crippen LogP contribution in [-0.4, -0.2) is 21.9 Å². The highest BCUT2D eigenvalue weighted by atomic mass is 35.5. The summed E-state index contributed by atoms with van der Waals surface area (Å²) in [5.74, 6) is -0.330. The molecule has 0 unspecified atom stereocenters. The van der Waals surface area contributed by atoms with Crippen LogP contribution in [0.5, 0.6) is 5.75 Å². The summed E-state index contributed by atoms with van der Waals surface area (Å²) in [6, 6.07) is 28.2. The fourth-order valence-electron chi connectivity index (χ4n) is 4.25.